The molecule has 0 bridgehead atoms. The number of piperazine rings is 1. The Balaban J connectivity index is 1.53. The van der Waals surface area contributed by atoms with E-state index >= 15 is 0 Å². The number of non-ortho nitro benzene ring substituents is 1. The van der Waals surface area contributed by atoms with Gasteiger partial charge in [0, 0.05) is 51.4 Å². The van der Waals surface area contributed by atoms with E-state index in [2.05, 4.69) is 21.9 Å². The molecule has 0 N–H and O–H groups in total. The van der Waals surface area contributed by atoms with Crippen LogP contribution in [0, 0.1) is 10.1 Å². The van der Waals surface area contributed by atoms with Crippen molar-refractivity contribution in [2.45, 2.75) is 20.0 Å². The standard InChI is InChI=1S/C21H27N3O4/c1-3-28-21-14-18(7-8-20(21)27-2)16-23-11-9-22(10-12-23)15-17-5-4-6-19(13-17)24(25)26/h4-8,13-14H,3,9-12,15-16H2,1-2H3. The third-order valence-electron chi connectivity index (χ3n) is 4.93. The molecule has 0 saturated carbocycles. The summed E-state index contributed by atoms with van der Waals surface area (Å²) < 4.78 is 11.0. The molecule has 1 aliphatic heterocycles. The van der Waals surface area contributed by atoms with E-state index in [0.29, 0.717) is 6.61 Å². The second-order valence-electron chi connectivity index (χ2n) is 6.90. The highest BCUT2D eigenvalue weighted by Crippen LogP contribution is 2.28. The molecule has 7 heteroatoms. The van der Waals surface area contributed by atoms with Crippen LogP contribution in [0.2, 0.25) is 0 Å². The maximum atomic E-state index is 10.9. The van der Waals surface area contributed by atoms with E-state index in [-0.39, 0.29) is 10.6 Å². The summed E-state index contributed by atoms with van der Waals surface area (Å²) in [7, 11) is 1.65. The largest absolute Gasteiger partial charge is 0.493 e. The predicted octanol–water partition coefficient (Wildman–Crippen LogP) is 3.32. The van der Waals surface area contributed by atoms with Gasteiger partial charge in [-0.3, -0.25) is 19.9 Å². The first kappa shape index (κ1) is 20.1. The Morgan fingerprint density at radius 2 is 1.61 bits per heavy atom. The zero-order valence-electron chi connectivity index (χ0n) is 16.5. The normalized spacial score (nSPS) is 15.4. The van der Waals surface area contributed by atoms with Crippen molar-refractivity contribution in [1.82, 2.24) is 9.80 Å². The van der Waals surface area contributed by atoms with Gasteiger partial charge in [-0.15, -0.1) is 0 Å². The third kappa shape index (κ3) is 5.21. The minimum Gasteiger partial charge on any atom is -0.493 e. The van der Waals surface area contributed by atoms with E-state index in [1.165, 1.54) is 11.6 Å². The molecule has 28 heavy (non-hydrogen) atoms. The number of benzene rings is 2. The van der Waals surface area contributed by atoms with Gasteiger partial charge >= 0.3 is 0 Å². The molecule has 0 radical (unpaired) electrons. The topological polar surface area (TPSA) is 68.1 Å². The molecule has 1 fully saturated rings. The summed E-state index contributed by atoms with van der Waals surface area (Å²) in [6.07, 6.45) is 0. The van der Waals surface area contributed by atoms with Crippen LogP contribution in [-0.4, -0.2) is 54.6 Å². The van der Waals surface area contributed by atoms with E-state index < -0.39 is 0 Å². The first-order valence-electron chi connectivity index (χ1n) is 9.56. The van der Waals surface area contributed by atoms with Crippen LogP contribution in [0.25, 0.3) is 0 Å². The molecule has 3 rings (SSSR count). The molecule has 0 atom stereocenters. The summed E-state index contributed by atoms with van der Waals surface area (Å²) >= 11 is 0. The molecule has 0 unspecified atom stereocenters. The van der Waals surface area contributed by atoms with Crippen LogP contribution in [0.1, 0.15) is 18.1 Å². The number of nitrogens with zero attached hydrogens (tertiary/aromatic N) is 3. The lowest BCUT2D eigenvalue weighted by Gasteiger charge is -2.34. The van der Waals surface area contributed by atoms with Gasteiger partial charge in [0.1, 0.15) is 0 Å². The molecular weight excluding hydrogens is 358 g/mol. The molecular formula is C21H27N3O4. The number of rotatable bonds is 8. The minimum absolute atomic E-state index is 0.153. The second-order valence-corrected chi connectivity index (χ2v) is 6.90. The third-order valence-corrected chi connectivity index (χ3v) is 4.93. The summed E-state index contributed by atoms with van der Waals surface area (Å²) in [4.78, 5) is 15.4. The molecule has 2 aromatic rings. The van der Waals surface area contributed by atoms with Gasteiger partial charge in [-0.25, -0.2) is 0 Å². The van der Waals surface area contributed by atoms with Crippen LogP contribution in [-0.2, 0) is 13.1 Å². The SMILES string of the molecule is CCOc1cc(CN2CCN(Cc3cccc([N+](=O)[O-])c3)CC2)ccc1OC. The van der Waals surface area contributed by atoms with Gasteiger partial charge in [0.2, 0.25) is 0 Å². The summed E-state index contributed by atoms with van der Waals surface area (Å²) in [5.74, 6) is 1.54. The Kier molecular flexibility index (Phi) is 6.84. The average molecular weight is 385 g/mol. The summed E-state index contributed by atoms with van der Waals surface area (Å²) in [5.41, 5.74) is 2.34. The molecule has 1 aliphatic rings. The molecule has 0 amide bonds. The van der Waals surface area contributed by atoms with Crippen LogP contribution in [0.5, 0.6) is 11.5 Å². The summed E-state index contributed by atoms with van der Waals surface area (Å²) in [5, 5.41) is 10.9. The minimum atomic E-state index is -0.340. The van der Waals surface area contributed by atoms with Gasteiger partial charge in [0.05, 0.1) is 18.6 Å². The number of hydrogen-bond donors (Lipinski definition) is 0. The lowest BCUT2D eigenvalue weighted by atomic mass is 10.1. The Morgan fingerprint density at radius 3 is 2.18 bits per heavy atom. The maximum absolute atomic E-state index is 10.9. The van der Waals surface area contributed by atoms with E-state index in [0.717, 1.165) is 56.3 Å². The first-order valence-corrected chi connectivity index (χ1v) is 9.56. The zero-order valence-corrected chi connectivity index (χ0v) is 16.5. The van der Waals surface area contributed by atoms with E-state index in [1.807, 2.05) is 19.1 Å². The maximum Gasteiger partial charge on any atom is 0.269 e. The lowest BCUT2D eigenvalue weighted by molar-refractivity contribution is -0.384. The fourth-order valence-corrected chi connectivity index (χ4v) is 3.48. The van der Waals surface area contributed by atoms with E-state index in [9.17, 15) is 10.1 Å². The summed E-state index contributed by atoms with van der Waals surface area (Å²) in [6, 6.07) is 13.0. The number of nitro benzene ring substituents is 1. The average Bonchev–Trinajstić information content (AvgIpc) is 2.70. The molecule has 0 spiro atoms. The molecule has 2 aromatic carbocycles. The molecule has 1 saturated heterocycles. The van der Waals surface area contributed by atoms with E-state index in [1.54, 1.807) is 19.2 Å². The van der Waals surface area contributed by atoms with Crippen molar-refractivity contribution < 1.29 is 14.4 Å². The highest BCUT2D eigenvalue weighted by molar-refractivity contribution is 5.43. The molecule has 0 aliphatic carbocycles. The number of methoxy groups -OCH3 is 1. The van der Waals surface area contributed by atoms with Gasteiger partial charge in [-0.2, -0.15) is 0 Å². The van der Waals surface area contributed by atoms with Gasteiger partial charge in [0.25, 0.3) is 5.69 Å². The molecule has 0 aromatic heterocycles. The van der Waals surface area contributed by atoms with Gasteiger partial charge < -0.3 is 9.47 Å². The van der Waals surface area contributed by atoms with Crippen molar-refractivity contribution in [1.29, 1.82) is 0 Å². The quantitative estimate of drug-likeness (QED) is 0.513. The summed E-state index contributed by atoms with van der Waals surface area (Å²) in [6.45, 7) is 7.99. The first-order chi connectivity index (χ1) is 13.6. The number of nitro groups is 1. The fourth-order valence-electron chi connectivity index (χ4n) is 3.48. The Morgan fingerprint density at radius 1 is 0.964 bits per heavy atom. The van der Waals surface area contributed by atoms with Crippen LogP contribution in [0.4, 0.5) is 5.69 Å². The van der Waals surface area contributed by atoms with Crippen LogP contribution in [0.3, 0.4) is 0 Å². The molecule has 1 heterocycles. The fraction of sp³-hybridized carbons (Fsp3) is 0.429. The zero-order chi connectivity index (χ0) is 19.9. The molecule has 150 valence electrons. The Bertz CT molecular complexity index is 804. The van der Waals surface area contributed by atoms with Crippen molar-refractivity contribution in [3.8, 4) is 11.5 Å². The van der Waals surface area contributed by atoms with Gasteiger partial charge in [-0.05, 0) is 30.2 Å². The van der Waals surface area contributed by atoms with E-state index in [4.69, 9.17) is 9.47 Å². The van der Waals surface area contributed by atoms with Crippen molar-refractivity contribution in [3.05, 3.63) is 63.7 Å². The predicted molar refractivity (Wildman–Crippen MR) is 108 cm³/mol. The Hall–Kier alpha value is -2.64. The monoisotopic (exact) mass is 385 g/mol. The van der Waals surface area contributed by atoms with Gasteiger partial charge in [-0.1, -0.05) is 18.2 Å². The number of ether oxygens (including phenoxy) is 2. The van der Waals surface area contributed by atoms with Gasteiger partial charge in [0.15, 0.2) is 11.5 Å². The van der Waals surface area contributed by atoms with Crippen molar-refractivity contribution in [3.63, 3.8) is 0 Å². The lowest BCUT2D eigenvalue weighted by Crippen LogP contribution is -2.45. The highest BCUT2D eigenvalue weighted by Gasteiger charge is 2.18. The highest BCUT2D eigenvalue weighted by atomic mass is 16.6. The van der Waals surface area contributed by atoms with Crippen molar-refractivity contribution in [2.75, 3.05) is 39.9 Å². The smallest absolute Gasteiger partial charge is 0.269 e. The van der Waals surface area contributed by atoms with Crippen LogP contribution in [0.15, 0.2) is 42.5 Å². The van der Waals surface area contributed by atoms with Crippen molar-refractivity contribution >= 4 is 5.69 Å². The Labute approximate surface area is 165 Å². The van der Waals surface area contributed by atoms with Crippen LogP contribution < -0.4 is 9.47 Å². The molecule has 7 nitrogen and oxygen atoms in total. The number of hydrogen-bond acceptors (Lipinski definition) is 6. The van der Waals surface area contributed by atoms with Crippen LogP contribution >= 0.6 is 0 Å². The second kappa shape index (κ2) is 9.52. The van der Waals surface area contributed by atoms with Crippen molar-refractivity contribution in [2.24, 2.45) is 0 Å².